The first-order valence-corrected chi connectivity index (χ1v) is 8.41. The van der Waals surface area contributed by atoms with Crippen molar-refractivity contribution in [2.75, 3.05) is 40.3 Å². The van der Waals surface area contributed by atoms with Crippen LogP contribution in [-0.2, 0) is 14.8 Å². The highest BCUT2D eigenvalue weighted by Gasteiger charge is 2.39. The summed E-state index contributed by atoms with van der Waals surface area (Å²) in [6, 6.07) is 6.60. The summed E-state index contributed by atoms with van der Waals surface area (Å²) in [6.45, 7) is 2.34. The molecule has 21 heavy (non-hydrogen) atoms. The topological polar surface area (TPSA) is 59.1 Å². The van der Waals surface area contributed by atoms with Gasteiger partial charge in [0.25, 0.3) is 0 Å². The van der Waals surface area contributed by atoms with E-state index in [9.17, 15) is 8.42 Å². The van der Waals surface area contributed by atoms with E-state index >= 15 is 0 Å². The van der Waals surface area contributed by atoms with Crippen molar-refractivity contribution in [3.8, 4) is 5.75 Å². The van der Waals surface area contributed by atoms with Crippen molar-refractivity contribution in [2.24, 2.45) is 0 Å². The lowest BCUT2D eigenvalue weighted by Gasteiger charge is -2.44. The van der Waals surface area contributed by atoms with E-state index in [1.165, 1.54) is 11.4 Å². The average molecular weight is 312 g/mol. The maximum Gasteiger partial charge on any atom is 0.243 e. The van der Waals surface area contributed by atoms with Gasteiger partial charge in [0.05, 0.1) is 24.2 Å². The standard InChI is InChI=1S/C14H20N2O4S/c1-15-7-12-9-16(10-13(8-15)20-12)21(17,18)14-5-3-4-11(6-14)19-2/h3-6,12-13H,7-10H2,1-2H3/t12-,13+. The smallest absolute Gasteiger partial charge is 0.243 e. The normalized spacial score (nSPS) is 27.5. The van der Waals surface area contributed by atoms with Gasteiger partial charge in [0.15, 0.2) is 0 Å². The van der Waals surface area contributed by atoms with Crippen LogP contribution in [0.3, 0.4) is 0 Å². The van der Waals surface area contributed by atoms with Gasteiger partial charge in [0.2, 0.25) is 10.0 Å². The predicted octanol–water partition coefficient (Wildman–Crippen LogP) is 0.399. The van der Waals surface area contributed by atoms with Gasteiger partial charge in [-0.3, -0.25) is 0 Å². The van der Waals surface area contributed by atoms with Gasteiger partial charge in [0, 0.05) is 32.2 Å². The summed E-state index contributed by atoms with van der Waals surface area (Å²) in [7, 11) is 0.0656. The molecule has 7 heteroatoms. The first-order chi connectivity index (χ1) is 9.99. The average Bonchev–Trinajstić information content (AvgIpc) is 2.46. The van der Waals surface area contributed by atoms with Crippen LogP contribution in [0.15, 0.2) is 29.2 Å². The molecule has 2 bridgehead atoms. The molecule has 2 aliphatic rings. The molecule has 116 valence electrons. The molecule has 2 fully saturated rings. The van der Waals surface area contributed by atoms with Gasteiger partial charge in [0.1, 0.15) is 5.75 Å². The largest absolute Gasteiger partial charge is 0.497 e. The Labute approximate surface area is 125 Å². The second-order valence-corrected chi connectivity index (χ2v) is 7.54. The summed E-state index contributed by atoms with van der Waals surface area (Å²) in [6.07, 6.45) is -0.106. The molecular formula is C14H20N2O4S. The van der Waals surface area contributed by atoms with Crippen LogP contribution in [0.1, 0.15) is 0 Å². The molecule has 2 heterocycles. The Hall–Kier alpha value is -1.15. The van der Waals surface area contributed by atoms with Crippen molar-refractivity contribution >= 4 is 10.0 Å². The number of hydrogen-bond acceptors (Lipinski definition) is 5. The van der Waals surface area contributed by atoms with Crippen LogP contribution in [0.5, 0.6) is 5.75 Å². The minimum absolute atomic E-state index is 0.0529. The number of likely N-dealkylation sites (N-methyl/N-ethyl adjacent to an activating group) is 1. The van der Waals surface area contributed by atoms with Crippen LogP contribution in [-0.4, -0.2) is 70.2 Å². The number of ether oxygens (including phenoxy) is 2. The minimum Gasteiger partial charge on any atom is -0.497 e. The van der Waals surface area contributed by atoms with Gasteiger partial charge in [-0.25, -0.2) is 8.42 Å². The van der Waals surface area contributed by atoms with Crippen molar-refractivity contribution in [1.29, 1.82) is 0 Å². The minimum atomic E-state index is -3.50. The fourth-order valence-corrected chi connectivity index (χ4v) is 4.50. The number of methoxy groups -OCH3 is 1. The maximum absolute atomic E-state index is 12.8. The van der Waals surface area contributed by atoms with Crippen molar-refractivity contribution in [3.05, 3.63) is 24.3 Å². The quantitative estimate of drug-likeness (QED) is 0.808. The molecule has 0 aromatic heterocycles. The molecule has 0 aliphatic carbocycles. The van der Waals surface area contributed by atoms with E-state index in [2.05, 4.69) is 4.90 Å². The van der Waals surface area contributed by atoms with E-state index in [1.54, 1.807) is 24.3 Å². The number of sulfonamides is 1. The highest BCUT2D eigenvalue weighted by Crippen LogP contribution is 2.26. The monoisotopic (exact) mass is 312 g/mol. The van der Waals surface area contributed by atoms with E-state index in [0.29, 0.717) is 18.8 Å². The van der Waals surface area contributed by atoms with Crippen LogP contribution >= 0.6 is 0 Å². The summed E-state index contributed by atoms with van der Waals surface area (Å²) in [5.41, 5.74) is 0. The van der Waals surface area contributed by atoms with Gasteiger partial charge in [-0.05, 0) is 19.2 Å². The first kappa shape index (κ1) is 14.8. The summed E-state index contributed by atoms with van der Waals surface area (Å²) in [5.74, 6) is 0.546. The molecule has 0 unspecified atom stereocenters. The van der Waals surface area contributed by atoms with Crippen molar-refractivity contribution in [2.45, 2.75) is 17.1 Å². The first-order valence-electron chi connectivity index (χ1n) is 6.97. The molecule has 0 amide bonds. The Morgan fingerprint density at radius 1 is 1.19 bits per heavy atom. The fraction of sp³-hybridized carbons (Fsp3) is 0.571. The van der Waals surface area contributed by atoms with E-state index in [4.69, 9.17) is 9.47 Å². The summed E-state index contributed by atoms with van der Waals surface area (Å²) < 4.78 is 38.0. The second-order valence-electron chi connectivity index (χ2n) is 5.60. The van der Waals surface area contributed by atoms with E-state index in [-0.39, 0.29) is 17.1 Å². The molecule has 1 aromatic carbocycles. The molecule has 1 aromatic rings. The summed E-state index contributed by atoms with van der Waals surface area (Å²) in [5, 5.41) is 0. The van der Waals surface area contributed by atoms with Crippen molar-refractivity contribution in [1.82, 2.24) is 9.21 Å². The molecule has 2 aliphatic heterocycles. The van der Waals surface area contributed by atoms with Crippen LogP contribution in [0.2, 0.25) is 0 Å². The fourth-order valence-electron chi connectivity index (χ4n) is 2.97. The van der Waals surface area contributed by atoms with Gasteiger partial charge in [-0.1, -0.05) is 6.07 Å². The van der Waals surface area contributed by atoms with Gasteiger partial charge < -0.3 is 14.4 Å². The molecule has 0 saturated carbocycles. The highest BCUT2D eigenvalue weighted by molar-refractivity contribution is 7.89. The molecule has 2 atom stereocenters. The predicted molar refractivity (Wildman–Crippen MR) is 77.9 cm³/mol. The molecule has 0 spiro atoms. The van der Waals surface area contributed by atoms with E-state index in [0.717, 1.165) is 13.1 Å². The number of nitrogens with zero attached hydrogens (tertiary/aromatic N) is 2. The third kappa shape index (κ3) is 2.91. The Balaban J connectivity index is 1.85. The Kier molecular flexibility index (Phi) is 3.92. The number of morpholine rings is 2. The number of benzene rings is 1. The molecular weight excluding hydrogens is 292 g/mol. The molecule has 0 N–H and O–H groups in total. The van der Waals surface area contributed by atoms with Crippen LogP contribution < -0.4 is 4.74 Å². The van der Waals surface area contributed by atoms with Gasteiger partial charge in [-0.15, -0.1) is 0 Å². The van der Waals surface area contributed by atoms with Crippen LogP contribution in [0, 0.1) is 0 Å². The lowest BCUT2D eigenvalue weighted by molar-refractivity contribution is -0.116. The van der Waals surface area contributed by atoms with Gasteiger partial charge >= 0.3 is 0 Å². The van der Waals surface area contributed by atoms with Crippen LogP contribution in [0.25, 0.3) is 0 Å². The number of rotatable bonds is 3. The maximum atomic E-state index is 12.8. The lowest BCUT2D eigenvalue weighted by atomic mass is 10.1. The Bertz CT molecular complexity index is 601. The van der Waals surface area contributed by atoms with Crippen LogP contribution in [0.4, 0.5) is 0 Å². The Morgan fingerprint density at radius 2 is 1.86 bits per heavy atom. The zero-order valence-corrected chi connectivity index (χ0v) is 13.0. The lowest BCUT2D eigenvalue weighted by Crippen LogP contribution is -2.59. The zero-order chi connectivity index (χ0) is 15.0. The highest BCUT2D eigenvalue weighted by atomic mass is 32.2. The summed E-state index contributed by atoms with van der Waals surface area (Å²) >= 11 is 0. The zero-order valence-electron chi connectivity index (χ0n) is 12.2. The molecule has 3 rings (SSSR count). The van der Waals surface area contributed by atoms with Crippen molar-refractivity contribution < 1.29 is 17.9 Å². The van der Waals surface area contributed by atoms with E-state index < -0.39 is 10.0 Å². The Morgan fingerprint density at radius 3 is 2.48 bits per heavy atom. The second kappa shape index (κ2) is 5.57. The third-order valence-corrected chi connectivity index (χ3v) is 5.74. The molecule has 0 radical (unpaired) electrons. The van der Waals surface area contributed by atoms with E-state index in [1.807, 2.05) is 7.05 Å². The molecule has 2 saturated heterocycles. The molecule has 6 nitrogen and oxygen atoms in total. The number of fused-ring (bicyclic) bond motifs is 2. The van der Waals surface area contributed by atoms with Crippen molar-refractivity contribution in [3.63, 3.8) is 0 Å². The summed E-state index contributed by atoms with van der Waals surface area (Å²) in [4.78, 5) is 2.46. The van der Waals surface area contributed by atoms with Gasteiger partial charge in [-0.2, -0.15) is 4.31 Å². The third-order valence-electron chi connectivity index (χ3n) is 3.91. The SMILES string of the molecule is COc1cccc(S(=O)(=O)N2C[C@H]3CN(C)C[C@@H](C2)O3)c1. The number of hydrogen-bond donors (Lipinski definition) is 0.